The van der Waals surface area contributed by atoms with E-state index in [4.69, 9.17) is 0 Å². The van der Waals surface area contributed by atoms with Crippen LogP contribution in [0.25, 0.3) is 0 Å². The summed E-state index contributed by atoms with van der Waals surface area (Å²) in [5.41, 5.74) is 6.43. The van der Waals surface area contributed by atoms with Crippen LogP contribution in [0.5, 0.6) is 0 Å². The van der Waals surface area contributed by atoms with Crippen LogP contribution in [0.15, 0.2) is 34.8 Å². The van der Waals surface area contributed by atoms with Crippen LogP contribution in [0.3, 0.4) is 0 Å². The summed E-state index contributed by atoms with van der Waals surface area (Å²) < 4.78 is 15.8. The molecule has 0 aliphatic heterocycles. The van der Waals surface area contributed by atoms with Crippen LogP contribution in [0.2, 0.25) is 0 Å². The minimum atomic E-state index is -0.231. The molecule has 0 saturated carbocycles. The van der Waals surface area contributed by atoms with Crippen LogP contribution >= 0.6 is 15.9 Å². The molecule has 17 heavy (non-hydrogen) atoms. The summed E-state index contributed by atoms with van der Waals surface area (Å²) in [5, 5.41) is 0. The van der Waals surface area contributed by atoms with E-state index < -0.39 is 0 Å². The number of hydrogen-bond donors (Lipinski definition) is 1. The molecule has 0 saturated heterocycles. The third-order valence-electron chi connectivity index (χ3n) is 2.73. The highest BCUT2D eigenvalue weighted by Gasteiger charge is 2.06. The minimum absolute atomic E-state index is 0.231. The molecule has 2 rings (SSSR count). The monoisotopic (exact) mass is 296 g/mol. The van der Waals surface area contributed by atoms with Crippen molar-refractivity contribution in [3.63, 3.8) is 0 Å². The number of nitrogens with zero attached hydrogens (tertiary/aromatic N) is 1. The van der Waals surface area contributed by atoms with E-state index in [0.717, 1.165) is 17.0 Å². The van der Waals surface area contributed by atoms with Crippen LogP contribution in [0, 0.1) is 19.7 Å². The van der Waals surface area contributed by atoms with Crippen LogP contribution in [-0.4, -0.2) is 4.68 Å². The number of hydrogen-bond acceptors (Lipinski definition) is 1. The van der Waals surface area contributed by atoms with E-state index in [1.807, 2.05) is 36.7 Å². The highest BCUT2D eigenvalue weighted by atomic mass is 79.9. The SMILES string of the molecule is Cc1ccc(C)n1NCc1cccc(F)c1Br. The molecule has 90 valence electrons. The first-order valence-electron chi connectivity index (χ1n) is 5.41. The summed E-state index contributed by atoms with van der Waals surface area (Å²) in [6, 6.07) is 9.15. The van der Waals surface area contributed by atoms with Gasteiger partial charge in [0.1, 0.15) is 5.82 Å². The number of aromatic nitrogens is 1. The Labute approximate surface area is 109 Å². The molecule has 0 spiro atoms. The Morgan fingerprint density at radius 1 is 1.18 bits per heavy atom. The average molecular weight is 297 g/mol. The first-order valence-corrected chi connectivity index (χ1v) is 6.20. The molecule has 1 aromatic carbocycles. The summed E-state index contributed by atoms with van der Waals surface area (Å²) in [6.45, 7) is 4.63. The summed E-state index contributed by atoms with van der Waals surface area (Å²) in [4.78, 5) is 0. The maximum absolute atomic E-state index is 13.3. The summed E-state index contributed by atoms with van der Waals surface area (Å²) in [6.07, 6.45) is 0. The number of nitrogens with one attached hydrogen (secondary N) is 1. The van der Waals surface area contributed by atoms with Gasteiger partial charge in [0.05, 0.1) is 11.0 Å². The third-order valence-corrected chi connectivity index (χ3v) is 3.62. The number of halogens is 2. The topological polar surface area (TPSA) is 17.0 Å². The molecule has 1 N–H and O–H groups in total. The van der Waals surface area contributed by atoms with Gasteiger partial charge in [-0.05, 0) is 53.5 Å². The fraction of sp³-hybridized carbons (Fsp3) is 0.231. The van der Waals surface area contributed by atoms with E-state index in [1.165, 1.54) is 6.07 Å². The second-order valence-corrected chi connectivity index (χ2v) is 4.79. The predicted molar refractivity (Wildman–Crippen MR) is 71.1 cm³/mol. The molecule has 4 heteroatoms. The van der Waals surface area contributed by atoms with Crippen molar-refractivity contribution in [2.75, 3.05) is 5.43 Å². The van der Waals surface area contributed by atoms with Crippen molar-refractivity contribution in [3.8, 4) is 0 Å². The van der Waals surface area contributed by atoms with Crippen LogP contribution in [-0.2, 0) is 6.54 Å². The van der Waals surface area contributed by atoms with Gasteiger partial charge >= 0.3 is 0 Å². The molecule has 0 bridgehead atoms. The molecule has 0 atom stereocenters. The van der Waals surface area contributed by atoms with Gasteiger partial charge in [0.25, 0.3) is 0 Å². The Hall–Kier alpha value is -1.29. The normalized spacial score (nSPS) is 10.6. The van der Waals surface area contributed by atoms with Gasteiger partial charge in [0.15, 0.2) is 0 Å². The standard InChI is InChI=1S/C13H14BrFN2/c1-9-6-7-10(2)17(9)16-8-11-4-3-5-12(15)13(11)14/h3-7,16H,8H2,1-2H3. The van der Waals surface area contributed by atoms with E-state index >= 15 is 0 Å². The molecule has 2 aromatic rings. The van der Waals surface area contributed by atoms with Crippen LogP contribution in [0.4, 0.5) is 4.39 Å². The summed E-state index contributed by atoms with van der Waals surface area (Å²) >= 11 is 3.26. The Balaban J connectivity index is 2.15. The highest BCUT2D eigenvalue weighted by molar-refractivity contribution is 9.10. The molecule has 0 aliphatic rings. The minimum Gasteiger partial charge on any atom is -0.321 e. The zero-order valence-corrected chi connectivity index (χ0v) is 11.4. The van der Waals surface area contributed by atoms with E-state index in [0.29, 0.717) is 11.0 Å². The molecule has 0 aliphatic carbocycles. The van der Waals surface area contributed by atoms with Gasteiger partial charge in [-0.15, -0.1) is 0 Å². The number of aryl methyl sites for hydroxylation is 2. The maximum Gasteiger partial charge on any atom is 0.137 e. The van der Waals surface area contributed by atoms with Gasteiger partial charge in [-0.25, -0.2) is 4.39 Å². The Bertz CT molecular complexity index is 515. The molecule has 1 aromatic heterocycles. The zero-order chi connectivity index (χ0) is 12.4. The lowest BCUT2D eigenvalue weighted by atomic mass is 10.2. The third kappa shape index (κ3) is 2.52. The van der Waals surface area contributed by atoms with Crippen molar-refractivity contribution in [2.24, 2.45) is 0 Å². The van der Waals surface area contributed by atoms with E-state index in [9.17, 15) is 4.39 Å². The molecule has 0 unspecified atom stereocenters. The van der Waals surface area contributed by atoms with Crippen molar-refractivity contribution in [1.82, 2.24) is 4.68 Å². The van der Waals surface area contributed by atoms with Crippen molar-refractivity contribution >= 4 is 15.9 Å². The molecular weight excluding hydrogens is 283 g/mol. The fourth-order valence-electron chi connectivity index (χ4n) is 1.77. The lowest BCUT2D eigenvalue weighted by Gasteiger charge is -2.13. The molecule has 1 heterocycles. The molecule has 2 nitrogen and oxygen atoms in total. The summed E-state index contributed by atoms with van der Waals surface area (Å²) in [7, 11) is 0. The van der Waals surface area contributed by atoms with Crippen molar-refractivity contribution < 1.29 is 4.39 Å². The number of rotatable bonds is 3. The van der Waals surface area contributed by atoms with Crippen molar-refractivity contribution in [2.45, 2.75) is 20.4 Å². The van der Waals surface area contributed by atoms with E-state index in [-0.39, 0.29) is 5.82 Å². The zero-order valence-electron chi connectivity index (χ0n) is 9.80. The average Bonchev–Trinajstić information content (AvgIpc) is 2.62. The predicted octanol–water partition coefficient (Wildman–Crippen LogP) is 3.75. The van der Waals surface area contributed by atoms with Crippen LogP contribution < -0.4 is 5.43 Å². The Kier molecular flexibility index (Phi) is 3.52. The lowest BCUT2D eigenvalue weighted by molar-refractivity contribution is 0.617. The largest absolute Gasteiger partial charge is 0.321 e. The fourth-order valence-corrected chi connectivity index (χ4v) is 2.17. The first-order chi connectivity index (χ1) is 8.09. The lowest BCUT2D eigenvalue weighted by Crippen LogP contribution is -2.17. The van der Waals surface area contributed by atoms with Gasteiger partial charge in [-0.3, -0.25) is 4.68 Å². The summed E-state index contributed by atoms with van der Waals surface area (Å²) in [5.74, 6) is -0.231. The van der Waals surface area contributed by atoms with Gasteiger partial charge in [-0.1, -0.05) is 12.1 Å². The van der Waals surface area contributed by atoms with E-state index in [2.05, 4.69) is 21.4 Å². The quantitative estimate of drug-likeness (QED) is 0.913. The molecule has 0 amide bonds. The molecule has 0 fully saturated rings. The Morgan fingerprint density at radius 2 is 1.82 bits per heavy atom. The van der Waals surface area contributed by atoms with Gasteiger partial charge in [-0.2, -0.15) is 0 Å². The van der Waals surface area contributed by atoms with Crippen LogP contribution in [0.1, 0.15) is 17.0 Å². The first kappa shape index (κ1) is 12.2. The van der Waals surface area contributed by atoms with Gasteiger partial charge in [0, 0.05) is 11.4 Å². The van der Waals surface area contributed by atoms with E-state index in [1.54, 1.807) is 6.07 Å². The second kappa shape index (κ2) is 4.92. The molecular formula is C13H14BrFN2. The maximum atomic E-state index is 13.3. The number of benzene rings is 1. The van der Waals surface area contributed by atoms with Gasteiger partial charge in [0.2, 0.25) is 0 Å². The smallest absolute Gasteiger partial charge is 0.137 e. The van der Waals surface area contributed by atoms with Gasteiger partial charge < -0.3 is 5.43 Å². The van der Waals surface area contributed by atoms with Crippen molar-refractivity contribution in [3.05, 3.63) is 57.6 Å². The highest BCUT2D eigenvalue weighted by Crippen LogP contribution is 2.20. The second-order valence-electron chi connectivity index (χ2n) is 4.00. The molecule has 0 radical (unpaired) electrons. The van der Waals surface area contributed by atoms with Crippen molar-refractivity contribution in [1.29, 1.82) is 0 Å². The Morgan fingerprint density at radius 3 is 2.47 bits per heavy atom.